The molecule has 23 heavy (non-hydrogen) atoms. The Kier molecular flexibility index (Phi) is 4.57. The number of halogens is 1. The maximum Gasteiger partial charge on any atom is 0.325 e. The molecule has 0 unspecified atom stereocenters. The Morgan fingerprint density at radius 2 is 1.57 bits per heavy atom. The summed E-state index contributed by atoms with van der Waals surface area (Å²) in [6.07, 6.45) is 0. The Morgan fingerprint density at radius 3 is 2.13 bits per heavy atom. The molecule has 2 aromatic rings. The third kappa shape index (κ3) is 3.51. The van der Waals surface area contributed by atoms with Crippen LogP contribution in [0.15, 0.2) is 54.6 Å². The molecule has 0 aliphatic carbocycles. The van der Waals surface area contributed by atoms with E-state index in [-0.39, 0.29) is 5.82 Å². The minimum atomic E-state index is -0.827. The molecule has 0 amide bonds. The Labute approximate surface area is 134 Å². The highest BCUT2D eigenvalue weighted by Gasteiger charge is 2.30. The van der Waals surface area contributed by atoms with Crippen molar-refractivity contribution in [1.29, 1.82) is 0 Å². The number of benzene rings is 2. The van der Waals surface area contributed by atoms with Crippen LogP contribution in [0.25, 0.3) is 0 Å². The average molecular weight is 314 g/mol. The number of carboxylic acids is 1. The van der Waals surface area contributed by atoms with Gasteiger partial charge in [0, 0.05) is 31.9 Å². The highest BCUT2D eigenvalue weighted by Crippen LogP contribution is 2.24. The second kappa shape index (κ2) is 6.79. The van der Waals surface area contributed by atoms with E-state index in [0.717, 1.165) is 24.3 Å². The number of nitrogens with zero attached hydrogens (tertiary/aromatic N) is 2. The molecule has 120 valence electrons. The first-order valence-corrected chi connectivity index (χ1v) is 7.67. The fourth-order valence-electron chi connectivity index (χ4n) is 3.04. The van der Waals surface area contributed by atoms with Gasteiger partial charge in [-0.1, -0.05) is 30.3 Å². The van der Waals surface area contributed by atoms with Crippen LogP contribution >= 0.6 is 0 Å². The fourth-order valence-corrected chi connectivity index (χ4v) is 3.04. The average Bonchev–Trinajstić information content (AvgIpc) is 2.57. The van der Waals surface area contributed by atoms with E-state index in [4.69, 9.17) is 0 Å². The molecule has 4 nitrogen and oxygen atoms in total. The number of aliphatic carboxylic acids is 1. The quantitative estimate of drug-likeness (QED) is 0.942. The lowest BCUT2D eigenvalue weighted by Gasteiger charge is -2.38. The van der Waals surface area contributed by atoms with Crippen LogP contribution in [0.5, 0.6) is 0 Å². The summed E-state index contributed by atoms with van der Waals surface area (Å²) in [6.45, 7) is 2.76. The van der Waals surface area contributed by atoms with Crippen LogP contribution in [0.2, 0.25) is 0 Å². The van der Waals surface area contributed by atoms with Crippen LogP contribution in [0.3, 0.4) is 0 Å². The lowest BCUT2D eigenvalue weighted by atomic mass is 10.0. The van der Waals surface area contributed by atoms with Crippen molar-refractivity contribution in [1.82, 2.24) is 4.90 Å². The van der Waals surface area contributed by atoms with Crippen LogP contribution in [0.4, 0.5) is 10.1 Å². The topological polar surface area (TPSA) is 43.8 Å². The van der Waals surface area contributed by atoms with Gasteiger partial charge in [0.15, 0.2) is 0 Å². The lowest BCUT2D eigenvalue weighted by molar-refractivity contribution is -0.143. The largest absolute Gasteiger partial charge is 0.480 e. The summed E-state index contributed by atoms with van der Waals surface area (Å²) in [7, 11) is 0. The summed E-state index contributed by atoms with van der Waals surface area (Å²) in [4.78, 5) is 15.8. The number of hydrogen-bond acceptors (Lipinski definition) is 3. The SMILES string of the molecule is O=C(O)[C@@H](c1ccccc1)N1CCN(c2ccc(F)cc2)CC1. The van der Waals surface area contributed by atoms with Gasteiger partial charge in [-0.05, 0) is 29.8 Å². The van der Waals surface area contributed by atoms with Gasteiger partial charge in [0.25, 0.3) is 0 Å². The maximum absolute atomic E-state index is 13.0. The highest BCUT2D eigenvalue weighted by molar-refractivity contribution is 5.75. The first kappa shape index (κ1) is 15.5. The summed E-state index contributed by atoms with van der Waals surface area (Å²) in [5, 5.41) is 9.60. The van der Waals surface area contributed by atoms with Gasteiger partial charge in [0.2, 0.25) is 0 Å². The van der Waals surface area contributed by atoms with Gasteiger partial charge in [-0.15, -0.1) is 0 Å². The van der Waals surface area contributed by atoms with E-state index < -0.39 is 12.0 Å². The van der Waals surface area contributed by atoms with E-state index in [0.29, 0.717) is 13.1 Å². The van der Waals surface area contributed by atoms with Crippen molar-refractivity contribution in [3.05, 3.63) is 66.0 Å². The Bertz CT molecular complexity index is 652. The van der Waals surface area contributed by atoms with E-state index in [9.17, 15) is 14.3 Å². The highest BCUT2D eigenvalue weighted by atomic mass is 19.1. The van der Waals surface area contributed by atoms with Crippen LogP contribution in [-0.4, -0.2) is 42.2 Å². The minimum absolute atomic E-state index is 0.248. The Morgan fingerprint density at radius 1 is 0.957 bits per heavy atom. The number of carbonyl (C=O) groups is 1. The van der Waals surface area contributed by atoms with Crippen LogP contribution in [0.1, 0.15) is 11.6 Å². The second-order valence-corrected chi connectivity index (χ2v) is 5.65. The van der Waals surface area contributed by atoms with Crippen molar-refractivity contribution in [3.63, 3.8) is 0 Å². The van der Waals surface area contributed by atoms with Crippen LogP contribution < -0.4 is 4.90 Å². The van der Waals surface area contributed by atoms with Gasteiger partial charge >= 0.3 is 5.97 Å². The maximum atomic E-state index is 13.0. The first-order chi connectivity index (χ1) is 11.1. The molecule has 1 aliphatic heterocycles. The summed E-state index contributed by atoms with van der Waals surface area (Å²) < 4.78 is 13.0. The van der Waals surface area contributed by atoms with E-state index in [1.807, 2.05) is 35.2 Å². The summed E-state index contributed by atoms with van der Waals surface area (Å²) in [5.74, 6) is -1.08. The molecule has 1 saturated heterocycles. The van der Waals surface area contributed by atoms with Crippen LogP contribution in [-0.2, 0) is 4.79 Å². The zero-order valence-electron chi connectivity index (χ0n) is 12.7. The zero-order valence-corrected chi connectivity index (χ0v) is 12.7. The molecule has 5 heteroatoms. The molecule has 0 spiro atoms. The van der Waals surface area contributed by atoms with E-state index in [1.165, 1.54) is 12.1 Å². The van der Waals surface area contributed by atoms with Gasteiger partial charge in [0.1, 0.15) is 11.9 Å². The molecule has 0 radical (unpaired) electrons. The summed E-state index contributed by atoms with van der Waals surface area (Å²) in [5.41, 5.74) is 1.77. The van der Waals surface area contributed by atoms with Gasteiger partial charge in [-0.2, -0.15) is 0 Å². The number of hydrogen-bond donors (Lipinski definition) is 1. The van der Waals surface area contributed by atoms with Crippen molar-refractivity contribution in [2.24, 2.45) is 0 Å². The standard InChI is InChI=1S/C18H19FN2O2/c19-15-6-8-16(9-7-15)20-10-12-21(13-11-20)17(18(22)23)14-4-2-1-3-5-14/h1-9,17H,10-13H2,(H,22,23)/t17-/m1/s1. The molecule has 1 aliphatic rings. The zero-order chi connectivity index (χ0) is 16.2. The van der Waals surface area contributed by atoms with Gasteiger partial charge in [0.05, 0.1) is 0 Å². The third-order valence-corrected chi connectivity index (χ3v) is 4.22. The smallest absolute Gasteiger partial charge is 0.325 e. The fraction of sp³-hybridized carbons (Fsp3) is 0.278. The number of rotatable bonds is 4. The van der Waals surface area contributed by atoms with Gasteiger partial charge < -0.3 is 10.0 Å². The third-order valence-electron chi connectivity index (χ3n) is 4.22. The molecular weight excluding hydrogens is 295 g/mol. The van der Waals surface area contributed by atoms with Crippen molar-refractivity contribution >= 4 is 11.7 Å². The molecule has 1 atom stereocenters. The summed E-state index contributed by atoms with van der Waals surface area (Å²) in [6, 6.07) is 15.1. The van der Waals surface area contributed by atoms with Crippen molar-refractivity contribution in [2.45, 2.75) is 6.04 Å². The molecule has 0 saturated carbocycles. The second-order valence-electron chi connectivity index (χ2n) is 5.65. The van der Waals surface area contributed by atoms with Crippen LogP contribution in [0, 0.1) is 5.82 Å². The predicted octanol–water partition coefficient (Wildman–Crippen LogP) is 2.77. The van der Waals surface area contributed by atoms with E-state index in [2.05, 4.69) is 4.90 Å². The van der Waals surface area contributed by atoms with Crippen molar-refractivity contribution in [2.75, 3.05) is 31.1 Å². The number of piperazine rings is 1. The molecule has 1 heterocycles. The van der Waals surface area contributed by atoms with Gasteiger partial charge in [-0.3, -0.25) is 9.69 Å². The molecule has 2 aromatic carbocycles. The first-order valence-electron chi connectivity index (χ1n) is 7.67. The summed E-state index contributed by atoms with van der Waals surface area (Å²) >= 11 is 0. The lowest BCUT2D eigenvalue weighted by Crippen LogP contribution is -2.49. The van der Waals surface area contributed by atoms with Gasteiger partial charge in [-0.25, -0.2) is 4.39 Å². The monoisotopic (exact) mass is 314 g/mol. The molecule has 0 aromatic heterocycles. The molecular formula is C18H19FN2O2. The Hall–Kier alpha value is -2.40. The van der Waals surface area contributed by atoms with Crippen molar-refractivity contribution < 1.29 is 14.3 Å². The molecule has 3 rings (SSSR count). The normalized spacial score (nSPS) is 17.0. The van der Waals surface area contributed by atoms with E-state index >= 15 is 0 Å². The van der Waals surface area contributed by atoms with E-state index in [1.54, 1.807) is 12.1 Å². The predicted molar refractivity (Wildman–Crippen MR) is 87.0 cm³/mol. The molecule has 1 N–H and O–H groups in total. The number of anilines is 1. The van der Waals surface area contributed by atoms with Crippen molar-refractivity contribution in [3.8, 4) is 0 Å². The minimum Gasteiger partial charge on any atom is -0.480 e. The molecule has 1 fully saturated rings. The Balaban J connectivity index is 1.69. The molecule has 0 bridgehead atoms. The number of carboxylic acid groups (broad SMARTS) is 1.